The number of aromatic carboxylic acids is 1. The number of nitrogens with zero attached hydrogens (tertiary/aromatic N) is 4. The highest BCUT2D eigenvalue weighted by molar-refractivity contribution is 5.92. The van der Waals surface area contributed by atoms with Gasteiger partial charge in [-0.3, -0.25) is 4.90 Å². The number of likely N-dealkylation sites (tertiary alicyclic amines) is 1. The van der Waals surface area contributed by atoms with Crippen LogP contribution in [-0.4, -0.2) is 69.5 Å². The lowest BCUT2D eigenvalue weighted by Gasteiger charge is -2.34. The van der Waals surface area contributed by atoms with Gasteiger partial charge in [0.1, 0.15) is 12.4 Å². The van der Waals surface area contributed by atoms with Gasteiger partial charge in [-0.1, -0.05) is 30.3 Å². The van der Waals surface area contributed by atoms with E-state index in [-0.39, 0.29) is 24.9 Å². The Labute approximate surface area is 249 Å². The Morgan fingerprint density at radius 2 is 1.84 bits per heavy atom. The first-order valence-corrected chi connectivity index (χ1v) is 15.0. The number of pyridine rings is 1. The topological polar surface area (TPSA) is 98.9 Å². The molecule has 1 N–H and O–H groups in total. The van der Waals surface area contributed by atoms with Crippen molar-refractivity contribution in [3.63, 3.8) is 0 Å². The molecular weight excluding hydrogens is 551 g/mol. The molecule has 7 rings (SSSR count). The molecule has 0 amide bonds. The minimum Gasteiger partial charge on any atom is -0.478 e. The Hall–Kier alpha value is -3.86. The van der Waals surface area contributed by atoms with Crippen molar-refractivity contribution in [3.05, 3.63) is 88.9 Å². The van der Waals surface area contributed by atoms with Crippen molar-refractivity contribution in [3.8, 4) is 5.88 Å². The van der Waals surface area contributed by atoms with E-state index >= 15 is 0 Å². The fourth-order valence-corrected chi connectivity index (χ4v) is 6.09. The standard InChI is InChI=1S/C33H35FN4O5/c34-33(20-41-21-33)25-7-4-22(5-8-25)19-43-31-3-1-2-27(36-31)23-10-13-37(14-11-23)18-30-35-28-9-6-24(32(39)40)16-29(28)38(30)17-26-12-15-42-26/h1-9,16,23,26H,10-15,17-21H2,(H,39,40)/t26-/m0/s1. The number of hydrogen-bond acceptors (Lipinski definition) is 7. The second kappa shape index (κ2) is 11.7. The van der Waals surface area contributed by atoms with Crippen molar-refractivity contribution in [2.24, 2.45) is 0 Å². The van der Waals surface area contributed by atoms with Crippen molar-refractivity contribution in [1.82, 2.24) is 19.4 Å². The predicted molar refractivity (Wildman–Crippen MR) is 157 cm³/mol. The Balaban J connectivity index is 0.973. The number of carboxylic acid groups (broad SMARTS) is 1. The van der Waals surface area contributed by atoms with Crippen LogP contribution in [0.2, 0.25) is 0 Å². The van der Waals surface area contributed by atoms with Crippen LogP contribution >= 0.6 is 0 Å². The fraction of sp³-hybridized carbons (Fsp3) is 0.424. The van der Waals surface area contributed by atoms with Crippen LogP contribution in [0.3, 0.4) is 0 Å². The zero-order valence-corrected chi connectivity index (χ0v) is 24.0. The molecule has 224 valence electrons. The minimum atomic E-state index is -1.36. The van der Waals surface area contributed by atoms with E-state index in [0.29, 0.717) is 37.1 Å². The molecule has 43 heavy (non-hydrogen) atoms. The molecule has 0 aliphatic carbocycles. The van der Waals surface area contributed by atoms with Crippen LogP contribution in [0, 0.1) is 0 Å². The second-order valence-corrected chi connectivity index (χ2v) is 11.8. The predicted octanol–water partition coefficient (Wildman–Crippen LogP) is 5.07. The number of carbonyl (C=O) groups is 1. The van der Waals surface area contributed by atoms with E-state index in [1.165, 1.54) is 0 Å². The summed E-state index contributed by atoms with van der Waals surface area (Å²) >= 11 is 0. The summed E-state index contributed by atoms with van der Waals surface area (Å²) in [6, 6.07) is 18.5. The highest BCUT2D eigenvalue weighted by Crippen LogP contribution is 2.34. The molecule has 1 atom stereocenters. The fourth-order valence-electron chi connectivity index (χ4n) is 6.09. The molecular formula is C33H35FN4O5. The van der Waals surface area contributed by atoms with Crippen LogP contribution in [0.15, 0.2) is 60.7 Å². The number of carboxylic acids is 1. The summed E-state index contributed by atoms with van der Waals surface area (Å²) in [6.07, 6.45) is 3.09. The summed E-state index contributed by atoms with van der Waals surface area (Å²) in [5, 5.41) is 9.51. The number of piperidine rings is 1. The Morgan fingerprint density at radius 1 is 1.05 bits per heavy atom. The number of hydrogen-bond donors (Lipinski definition) is 1. The first-order valence-electron chi connectivity index (χ1n) is 15.0. The first-order chi connectivity index (χ1) is 20.9. The number of rotatable bonds is 10. The second-order valence-electron chi connectivity index (χ2n) is 11.8. The van der Waals surface area contributed by atoms with Crippen molar-refractivity contribution < 1.29 is 28.5 Å². The molecule has 3 aliphatic heterocycles. The number of fused-ring (bicyclic) bond motifs is 1. The number of halogens is 1. The molecule has 0 bridgehead atoms. The van der Waals surface area contributed by atoms with Crippen LogP contribution in [-0.2, 0) is 34.8 Å². The average molecular weight is 587 g/mol. The Kier molecular flexibility index (Phi) is 7.58. The highest BCUT2D eigenvalue weighted by Gasteiger charge is 2.40. The molecule has 4 aromatic rings. The van der Waals surface area contributed by atoms with Crippen molar-refractivity contribution in [2.45, 2.75) is 56.6 Å². The lowest BCUT2D eigenvalue weighted by atomic mass is 9.93. The van der Waals surface area contributed by atoms with E-state index in [1.807, 2.05) is 36.4 Å². The maximum Gasteiger partial charge on any atom is 0.335 e. The monoisotopic (exact) mass is 586 g/mol. The van der Waals surface area contributed by atoms with Crippen molar-refractivity contribution in [2.75, 3.05) is 32.9 Å². The van der Waals surface area contributed by atoms with Gasteiger partial charge in [-0.15, -0.1) is 0 Å². The molecule has 3 saturated heterocycles. The van der Waals surface area contributed by atoms with E-state index in [1.54, 1.807) is 18.2 Å². The molecule has 0 saturated carbocycles. The minimum absolute atomic E-state index is 0.116. The average Bonchev–Trinajstić information content (AvgIpc) is 3.33. The number of imidazole rings is 1. The molecule has 2 aromatic carbocycles. The Bertz CT molecular complexity index is 1610. The van der Waals surface area contributed by atoms with Gasteiger partial charge < -0.3 is 23.9 Å². The smallest absolute Gasteiger partial charge is 0.335 e. The molecule has 5 heterocycles. The molecule has 9 nitrogen and oxygen atoms in total. The number of benzene rings is 2. The SMILES string of the molecule is O=C(O)c1ccc2nc(CN3CCC(c4cccc(OCc5ccc(C6(F)COC6)cc5)n4)CC3)n(C[C@@H]3CCO3)c2c1. The van der Waals surface area contributed by atoms with Gasteiger partial charge in [0.05, 0.1) is 49.0 Å². The Morgan fingerprint density at radius 3 is 2.51 bits per heavy atom. The third-order valence-corrected chi connectivity index (χ3v) is 8.89. The van der Waals surface area contributed by atoms with Gasteiger partial charge in [0.25, 0.3) is 0 Å². The number of ether oxygens (including phenoxy) is 3. The highest BCUT2D eigenvalue weighted by atomic mass is 19.1. The van der Waals surface area contributed by atoms with Crippen LogP contribution in [0.25, 0.3) is 11.0 Å². The molecule has 10 heteroatoms. The van der Waals surface area contributed by atoms with Crippen molar-refractivity contribution >= 4 is 17.0 Å². The van der Waals surface area contributed by atoms with E-state index in [2.05, 4.69) is 15.5 Å². The van der Waals surface area contributed by atoms with Crippen LogP contribution < -0.4 is 4.74 Å². The van der Waals surface area contributed by atoms with E-state index in [0.717, 1.165) is 67.1 Å². The summed E-state index contributed by atoms with van der Waals surface area (Å²) in [6.45, 7) is 4.57. The summed E-state index contributed by atoms with van der Waals surface area (Å²) < 4.78 is 33.4. The van der Waals surface area contributed by atoms with E-state index in [4.69, 9.17) is 24.2 Å². The number of aromatic nitrogens is 3. The first kappa shape index (κ1) is 27.9. The largest absolute Gasteiger partial charge is 0.478 e. The number of alkyl halides is 1. The van der Waals surface area contributed by atoms with Gasteiger partial charge in [0.15, 0.2) is 5.67 Å². The lowest BCUT2D eigenvalue weighted by Crippen LogP contribution is -2.42. The van der Waals surface area contributed by atoms with Crippen LogP contribution in [0.1, 0.15) is 58.2 Å². The van der Waals surface area contributed by atoms with E-state index < -0.39 is 11.6 Å². The summed E-state index contributed by atoms with van der Waals surface area (Å²) in [7, 11) is 0. The third-order valence-electron chi connectivity index (χ3n) is 8.89. The van der Waals surface area contributed by atoms with Gasteiger partial charge in [0.2, 0.25) is 5.88 Å². The summed E-state index contributed by atoms with van der Waals surface area (Å²) in [4.78, 5) is 23.7. The molecule has 3 fully saturated rings. The van der Waals surface area contributed by atoms with Crippen LogP contribution in [0.5, 0.6) is 5.88 Å². The van der Waals surface area contributed by atoms with Gasteiger partial charge >= 0.3 is 5.97 Å². The zero-order chi connectivity index (χ0) is 29.4. The molecule has 0 unspecified atom stereocenters. The maximum absolute atomic E-state index is 14.5. The maximum atomic E-state index is 14.5. The lowest BCUT2D eigenvalue weighted by molar-refractivity contribution is -0.135. The van der Waals surface area contributed by atoms with Gasteiger partial charge in [-0.2, -0.15) is 0 Å². The van der Waals surface area contributed by atoms with Gasteiger partial charge in [0, 0.05) is 24.3 Å². The van der Waals surface area contributed by atoms with E-state index in [9.17, 15) is 14.3 Å². The normalized spacial score (nSPS) is 20.4. The molecule has 0 spiro atoms. The third kappa shape index (κ3) is 5.87. The van der Waals surface area contributed by atoms with Crippen LogP contribution in [0.4, 0.5) is 4.39 Å². The summed E-state index contributed by atoms with van der Waals surface area (Å²) in [5.41, 5.74) is 3.19. The molecule has 0 radical (unpaired) electrons. The van der Waals surface area contributed by atoms with Gasteiger partial charge in [-0.05, 0) is 67.7 Å². The van der Waals surface area contributed by atoms with Gasteiger partial charge in [-0.25, -0.2) is 19.2 Å². The quantitative estimate of drug-likeness (QED) is 0.275. The molecule has 3 aliphatic rings. The summed E-state index contributed by atoms with van der Waals surface area (Å²) in [5.74, 6) is 0.928. The molecule has 2 aromatic heterocycles. The zero-order valence-electron chi connectivity index (χ0n) is 24.0. The van der Waals surface area contributed by atoms with Crippen molar-refractivity contribution in [1.29, 1.82) is 0 Å².